The van der Waals surface area contributed by atoms with Crippen molar-refractivity contribution in [2.75, 3.05) is 26.2 Å². The molecule has 0 N–H and O–H groups in total. The zero-order valence-electron chi connectivity index (χ0n) is 16.9. The van der Waals surface area contributed by atoms with Crippen LogP contribution in [0.15, 0.2) is 42.6 Å². The lowest BCUT2D eigenvalue weighted by Crippen LogP contribution is -2.52. The van der Waals surface area contributed by atoms with E-state index < -0.39 is 5.41 Å². The molecule has 2 aliphatic rings. The second-order valence-electron chi connectivity index (χ2n) is 8.81. The smallest absolute Gasteiger partial charge is 0.233 e. The molecule has 1 aromatic carbocycles. The molecule has 4 nitrogen and oxygen atoms in total. The van der Waals surface area contributed by atoms with Gasteiger partial charge in [-0.2, -0.15) is 0 Å². The van der Waals surface area contributed by atoms with Crippen LogP contribution in [0.1, 0.15) is 37.1 Å². The number of halogens is 1. The van der Waals surface area contributed by atoms with Crippen molar-refractivity contribution in [2.24, 2.45) is 5.41 Å². The van der Waals surface area contributed by atoms with Crippen LogP contribution in [0.2, 0.25) is 0 Å². The van der Waals surface area contributed by atoms with Gasteiger partial charge in [-0.3, -0.25) is 14.7 Å². The molecule has 4 rings (SSSR count). The van der Waals surface area contributed by atoms with E-state index in [0.717, 1.165) is 50.4 Å². The fraction of sp³-hybridized carbons (Fsp3) is 0.478. The van der Waals surface area contributed by atoms with Gasteiger partial charge in [0.2, 0.25) is 5.91 Å². The minimum absolute atomic E-state index is 0.0931. The normalized spacial score (nSPS) is 24.2. The van der Waals surface area contributed by atoms with Gasteiger partial charge in [-0.05, 0) is 48.1 Å². The van der Waals surface area contributed by atoms with Gasteiger partial charge in [-0.25, -0.2) is 4.39 Å². The Bertz CT molecular complexity index is 872. The summed E-state index contributed by atoms with van der Waals surface area (Å²) in [5.74, 6) is -0.0685. The van der Waals surface area contributed by atoms with Crippen LogP contribution in [0.3, 0.4) is 0 Å². The number of aromatic nitrogens is 1. The first-order valence-electron chi connectivity index (χ1n) is 10.0. The Hall–Kier alpha value is -2.27. The number of carbonyl (C=O) groups excluding carboxylic acids is 1. The van der Waals surface area contributed by atoms with Crippen LogP contribution in [0, 0.1) is 18.2 Å². The second-order valence-corrected chi connectivity index (χ2v) is 8.81. The average molecular weight is 381 g/mol. The highest BCUT2D eigenvalue weighted by Crippen LogP contribution is 2.65. The van der Waals surface area contributed by atoms with Gasteiger partial charge in [0.25, 0.3) is 0 Å². The lowest BCUT2D eigenvalue weighted by atomic mass is 9.86. The van der Waals surface area contributed by atoms with Gasteiger partial charge in [0.1, 0.15) is 5.82 Å². The van der Waals surface area contributed by atoms with Crippen LogP contribution in [-0.4, -0.2) is 46.9 Å². The summed E-state index contributed by atoms with van der Waals surface area (Å²) in [5, 5.41) is 0. The Morgan fingerprint density at radius 2 is 1.75 bits per heavy atom. The van der Waals surface area contributed by atoms with Crippen molar-refractivity contribution in [3.05, 3.63) is 65.2 Å². The maximum absolute atomic E-state index is 13.5. The number of carbonyl (C=O) groups is 1. The zero-order chi connectivity index (χ0) is 19.9. The standard InChI is InChI=1S/C23H28FN3O/c1-17-5-4-10-25-20(17)15-26-11-13-27(14-12-26)21(28)23(16-22(23,2)3)18-6-8-19(24)9-7-18/h4-10H,11-16H2,1-3H3. The summed E-state index contributed by atoms with van der Waals surface area (Å²) in [6.45, 7) is 10.3. The number of rotatable bonds is 4. The van der Waals surface area contributed by atoms with E-state index in [-0.39, 0.29) is 17.1 Å². The third-order valence-corrected chi connectivity index (χ3v) is 6.59. The van der Waals surface area contributed by atoms with E-state index in [9.17, 15) is 9.18 Å². The lowest BCUT2D eigenvalue weighted by molar-refractivity contribution is -0.136. The third-order valence-electron chi connectivity index (χ3n) is 6.59. The zero-order valence-corrected chi connectivity index (χ0v) is 16.9. The fourth-order valence-corrected chi connectivity index (χ4v) is 4.61. The molecule has 2 aromatic rings. The minimum Gasteiger partial charge on any atom is -0.339 e. The Labute approximate surface area is 166 Å². The summed E-state index contributed by atoms with van der Waals surface area (Å²) in [6, 6.07) is 10.5. The van der Waals surface area contributed by atoms with E-state index >= 15 is 0 Å². The molecule has 0 radical (unpaired) electrons. The van der Waals surface area contributed by atoms with Crippen LogP contribution in [0.4, 0.5) is 4.39 Å². The molecular formula is C23H28FN3O. The van der Waals surface area contributed by atoms with Gasteiger partial charge < -0.3 is 4.90 Å². The van der Waals surface area contributed by atoms with E-state index in [1.165, 1.54) is 17.7 Å². The van der Waals surface area contributed by atoms with Crippen LogP contribution < -0.4 is 0 Å². The van der Waals surface area contributed by atoms with Gasteiger partial charge in [-0.1, -0.05) is 32.0 Å². The summed E-state index contributed by atoms with van der Waals surface area (Å²) in [7, 11) is 0. The van der Waals surface area contributed by atoms with Crippen molar-refractivity contribution in [1.82, 2.24) is 14.8 Å². The molecule has 1 aliphatic heterocycles. The Kier molecular flexibility index (Phi) is 4.74. The fourth-order valence-electron chi connectivity index (χ4n) is 4.61. The Morgan fingerprint density at radius 1 is 1.11 bits per heavy atom. The number of benzene rings is 1. The van der Waals surface area contributed by atoms with Gasteiger partial charge in [0, 0.05) is 38.9 Å². The van der Waals surface area contributed by atoms with Crippen molar-refractivity contribution in [3.63, 3.8) is 0 Å². The highest BCUT2D eigenvalue weighted by molar-refractivity contribution is 5.93. The minimum atomic E-state index is -0.513. The second kappa shape index (κ2) is 6.96. The third kappa shape index (κ3) is 3.22. The molecule has 0 bridgehead atoms. The van der Waals surface area contributed by atoms with E-state index in [4.69, 9.17) is 0 Å². The first-order valence-corrected chi connectivity index (χ1v) is 10.0. The topological polar surface area (TPSA) is 36.4 Å². The molecule has 0 spiro atoms. The van der Waals surface area contributed by atoms with Crippen LogP contribution in [0.25, 0.3) is 0 Å². The summed E-state index contributed by atoms with van der Waals surface area (Å²) in [5.41, 5.74) is 2.64. The predicted octanol–water partition coefficient (Wildman–Crippen LogP) is 3.54. The van der Waals surface area contributed by atoms with Crippen molar-refractivity contribution >= 4 is 5.91 Å². The van der Waals surface area contributed by atoms with Crippen LogP contribution in [-0.2, 0) is 16.8 Å². The Morgan fingerprint density at radius 3 is 2.32 bits per heavy atom. The number of hydrogen-bond acceptors (Lipinski definition) is 3. The Balaban J connectivity index is 1.44. The molecule has 2 fully saturated rings. The number of amides is 1. The van der Waals surface area contributed by atoms with Gasteiger partial charge in [0.15, 0.2) is 0 Å². The number of hydrogen-bond donors (Lipinski definition) is 0. The molecule has 5 heteroatoms. The largest absolute Gasteiger partial charge is 0.339 e. The van der Waals surface area contributed by atoms with Crippen molar-refractivity contribution in [3.8, 4) is 0 Å². The van der Waals surface area contributed by atoms with Crippen molar-refractivity contribution in [1.29, 1.82) is 0 Å². The summed E-state index contributed by atoms with van der Waals surface area (Å²) < 4.78 is 13.4. The molecule has 1 unspecified atom stereocenters. The molecule has 1 atom stereocenters. The predicted molar refractivity (Wildman–Crippen MR) is 107 cm³/mol. The summed E-state index contributed by atoms with van der Waals surface area (Å²) >= 11 is 0. The number of pyridine rings is 1. The van der Waals surface area contributed by atoms with Gasteiger partial charge in [-0.15, -0.1) is 0 Å². The average Bonchev–Trinajstić information content (AvgIpc) is 3.27. The molecule has 1 aliphatic carbocycles. The number of aryl methyl sites for hydroxylation is 1. The van der Waals surface area contributed by atoms with E-state index in [2.05, 4.69) is 36.7 Å². The molecule has 1 amide bonds. The quantitative estimate of drug-likeness (QED) is 0.813. The first-order chi connectivity index (χ1) is 13.3. The number of piperazine rings is 1. The monoisotopic (exact) mass is 381 g/mol. The highest BCUT2D eigenvalue weighted by atomic mass is 19.1. The maximum Gasteiger partial charge on any atom is 0.233 e. The van der Waals surface area contributed by atoms with Crippen molar-refractivity contribution in [2.45, 2.75) is 39.2 Å². The van der Waals surface area contributed by atoms with Crippen LogP contribution in [0.5, 0.6) is 0 Å². The summed E-state index contributed by atoms with van der Waals surface area (Å²) in [4.78, 5) is 22.4. The molecule has 2 heterocycles. The van der Waals surface area contributed by atoms with E-state index in [1.54, 1.807) is 12.1 Å². The van der Waals surface area contributed by atoms with E-state index in [0.29, 0.717) is 0 Å². The SMILES string of the molecule is Cc1cccnc1CN1CCN(C(=O)C2(c3ccc(F)cc3)CC2(C)C)CC1. The molecule has 1 saturated carbocycles. The highest BCUT2D eigenvalue weighted by Gasteiger charge is 2.68. The molecule has 148 valence electrons. The van der Waals surface area contributed by atoms with Crippen LogP contribution >= 0.6 is 0 Å². The molecule has 28 heavy (non-hydrogen) atoms. The molecular weight excluding hydrogens is 353 g/mol. The van der Waals surface area contributed by atoms with Gasteiger partial charge in [0.05, 0.1) is 11.1 Å². The van der Waals surface area contributed by atoms with E-state index in [1.807, 2.05) is 17.2 Å². The lowest BCUT2D eigenvalue weighted by Gasteiger charge is -2.37. The van der Waals surface area contributed by atoms with Gasteiger partial charge >= 0.3 is 0 Å². The molecule has 1 aromatic heterocycles. The first kappa shape index (κ1) is 19.1. The summed E-state index contributed by atoms with van der Waals surface area (Å²) in [6.07, 6.45) is 2.65. The number of nitrogens with zero attached hydrogens (tertiary/aromatic N) is 3. The maximum atomic E-state index is 13.5. The molecule has 1 saturated heterocycles. The van der Waals surface area contributed by atoms with Crippen molar-refractivity contribution < 1.29 is 9.18 Å².